The van der Waals surface area contributed by atoms with Gasteiger partial charge >= 0.3 is 29.6 Å². The summed E-state index contributed by atoms with van der Waals surface area (Å²) in [4.78, 5) is 0.170. The smallest absolute Gasteiger partial charge is 1.00 e. The Hall–Kier alpha value is -1.99. The third-order valence-electron chi connectivity index (χ3n) is 10.7. The fourth-order valence-corrected chi connectivity index (χ4v) is 8.79. The van der Waals surface area contributed by atoms with E-state index in [1.54, 1.807) is 12.1 Å². The van der Waals surface area contributed by atoms with Crippen LogP contribution in [0.4, 0.5) is 4.39 Å². The topological polar surface area (TPSA) is 152 Å². The van der Waals surface area contributed by atoms with Crippen LogP contribution in [0.3, 0.4) is 0 Å². The van der Waals surface area contributed by atoms with Crippen LogP contribution in [0.25, 0.3) is 0 Å². The van der Waals surface area contributed by atoms with Gasteiger partial charge in [-0.2, -0.15) is 8.42 Å². The predicted octanol–water partition coefficient (Wildman–Crippen LogP) is 4.57. The second kappa shape index (κ2) is 26.3. The molecular weight excluding hydrogens is 879 g/mol. The average Bonchev–Trinajstić information content (AvgIpc) is 3.93. The van der Waals surface area contributed by atoms with Gasteiger partial charge in [0.05, 0.1) is 81.0 Å². The summed E-state index contributed by atoms with van der Waals surface area (Å²) in [6.45, 7) is 24.5. The van der Waals surface area contributed by atoms with Gasteiger partial charge in [0.2, 0.25) is 0 Å². The van der Waals surface area contributed by atoms with Gasteiger partial charge in [0.1, 0.15) is 36.6 Å². The van der Waals surface area contributed by atoms with E-state index < -0.39 is 34.9 Å². The quantitative estimate of drug-likeness (QED) is 0.0991. The number of allylic oxidation sites excluding steroid dienone is 4. The molecular formula is C50H77FN2NaO11S+. The van der Waals surface area contributed by atoms with Gasteiger partial charge in [0.25, 0.3) is 10.1 Å². The van der Waals surface area contributed by atoms with E-state index in [2.05, 4.69) is 61.7 Å². The first-order valence-electron chi connectivity index (χ1n) is 23.2. The van der Waals surface area contributed by atoms with Crippen LogP contribution < -0.4 is 40.2 Å². The summed E-state index contributed by atoms with van der Waals surface area (Å²) < 4.78 is 85.2. The van der Waals surface area contributed by atoms with Gasteiger partial charge in [-0.25, -0.2) is 0 Å². The third-order valence-corrected chi connectivity index (χ3v) is 12.1. The maximum Gasteiger partial charge on any atom is 1.00 e. The molecule has 8 atom stereocenters. The summed E-state index contributed by atoms with van der Waals surface area (Å²) in [7, 11) is -4.67. The molecule has 0 amide bonds. The largest absolute Gasteiger partial charge is 1.00 e. The minimum atomic E-state index is -3.67. The van der Waals surface area contributed by atoms with Crippen molar-refractivity contribution in [3.8, 4) is 0 Å². The van der Waals surface area contributed by atoms with E-state index in [0.29, 0.717) is 19.6 Å². The van der Waals surface area contributed by atoms with Crippen molar-refractivity contribution in [2.75, 3.05) is 40.1 Å². The standard InChI is InChI=1S/C21H33NO4.C15H20NO3.C13H20O4S.CH3F.Na.H/c1-20(2,3)24-12-11-23-17-13-16(18-19(17)26-21(4,5)25-18)22-14-15-9-7-6-8-10-15;1-15(2)18-13-11(8-12(17)14(13)19-15)16-9-10-6-4-3-5-7-10;1-11-5-7-12(8-6-11)18(14,15)17-10-9-16-13(2,3)4;1-2;;/h6-10,16-19,22H,11-14H2,1-5H3;4-7,11-14,16-17H,8-9H2,1-2H3;5-8H,9-10H2,1-4H3;1H3;;/q;+1;;;+1;-1/t16-,17+,18+,19-;11-,12+,13+,14-;;;;/m11..../s1/i;;;1D;;. The summed E-state index contributed by atoms with van der Waals surface area (Å²) in [5.41, 5.74) is 3.04. The molecule has 0 unspecified atom stereocenters. The summed E-state index contributed by atoms with van der Waals surface area (Å²) in [6, 6.07) is 17.3. The number of halogens is 1. The molecule has 0 bridgehead atoms. The maximum atomic E-state index is 11.8. The van der Waals surface area contributed by atoms with Crippen LogP contribution in [0.2, 0.25) is 0 Å². The number of ether oxygens (including phenoxy) is 7. The molecule has 3 N–H and O–H groups in total. The molecule has 66 heavy (non-hydrogen) atoms. The first kappa shape index (κ1) is 56.6. The summed E-state index contributed by atoms with van der Waals surface area (Å²) >= 11 is 0. The van der Waals surface area contributed by atoms with Crippen molar-refractivity contribution in [1.82, 2.24) is 10.6 Å². The zero-order chi connectivity index (χ0) is 48.8. The zero-order valence-corrected chi connectivity index (χ0v) is 44.1. The fourth-order valence-electron chi connectivity index (χ4n) is 7.90. The monoisotopic (exact) mass is 957 g/mol. The van der Waals surface area contributed by atoms with E-state index in [9.17, 15) is 17.9 Å². The molecule has 2 aliphatic heterocycles. The molecule has 2 saturated carbocycles. The minimum Gasteiger partial charge on any atom is -1.00 e. The minimum absolute atomic E-state index is 0. The molecule has 4 fully saturated rings. The Labute approximate surface area is 419 Å². The van der Waals surface area contributed by atoms with Gasteiger partial charge < -0.3 is 50.3 Å². The molecule has 366 valence electrons. The Balaban J connectivity index is 0.000000342. The first-order valence-corrected chi connectivity index (χ1v) is 23.9. The number of fused-ring (bicyclic) bond motifs is 2. The number of aryl methyl sites for hydroxylation is 1. The molecule has 13 nitrogen and oxygen atoms in total. The van der Waals surface area contributed by atoms with Gasteiger partial charge in [0, 0.05) is 31.2 Å². The van der Waals surface area contributed by atoms with Crippen LogP contribution in [0.5, 0.6) is 0 Å². The van der Waals surface area contributed by atoms with Crippen LogP contribution in [0.1, 0.15) is 96.0 Å². The van der Waals surface area contributed by atoms with Crippen LogP contribution in [-0.4, -0.2) is 125 Å². The number of hydrogen-bond donors (Lipinski definition) is 3. The molecule has 16 heteroatoms. The van der Waals surface area contributed by atoms with Gasteiger partial charge in [-0.3, -0.25) is 8.57 Å². The van der Waals surface area contributed by atoms with E-state index in [1.807, 2.05) is 85.8 Å². The van der Waals surface area contributed by atoms with Crippen LogP contribution in [0.15, 0.2) is 89.4 Å². The number of aliphatic hydroxyl groups is 1. The average molecular weight is 957 g/mol. The van der Waals surface area contributed by atoms with Crippen molar-refractivity contribution in [1.29, 1.82) is 0 Å². The number of aliphatic hydroxyl groups excluding tert-OH is 1. The number of nitrogens with one attached hydrogen (secondary N) is 2. The summed E-state index contributed by atoms with van der Waals surface area (Å²) in [6.07, 6.45) is 11.7. The molecule has 3 aliphatic carbocycles. The van der Waals surface area contributed by atoms with Crippen molar-refractivity contribution in [3.05, 3.63) is 102 Å². The molecule has 0 radical (unpaired) electrons. The van der Waals surface area contributed by atoms with E-state index in [-0.39, 0.29) is 103 Å². The molecule has 5 aliphatic rings. The summed E-state index contributed by atoms with van der Waals surface area (Å²) in [5.74, 6) is -1.16. The van der Waals surface area contributed by atoms with Gasteiger partial charge in [0.15, 0.2) is 11.6 Å². The van der Waals surface area contributed by atoms with E-state index in [1.165, 1.54) is 23.3 Å². The van der Waals surface area contributed by atoms with Crippen molar-refractivity contribution in [2.24, 2.45) is 0 Å². The van der Waals surface area contributed by atoms with Crippen LogP contribution in [0, 0.1) is 13.0 Å². The second-order valence-corrected chi connectivity index (χ2v) is 21.1. The molecule has 7 rings (SSSR count). The van der Waals surface area contributed by atoms with Crippen molar-refractivity contribution in [3.63, 3.8) is 0 Å². The van der Waals surface area contributed by atoms with Gasteiger partial charge in [-0.1, -0.05) is 48.0 Å². The summed E-state index contributed by atoms with van der Waals surface area (Å²) in [5, 5.41) is 17.1. The second-order valence-electron chi connectivity index (χ2n) is 19.5. The zero-order valence-electron chi connectivity index (χ0n) is 43.3. The number of alkyl halides is 1. The first-order chi connectivity index (χ1) is 30.9. The normalized spacial score (nSPS) is 27.0. The Morgan fingerprint density at radius 1 is 0.803 bits per heavy atom. The molecule has 2 aromatic carbocycles. The van der Waals surface area contributed by atoms with E-state index in [4.69, 9.17) is 38.7 Å². The molecule has 2 aromatic rings. The Kier molecular flexibility index (Phi) is 22.5. The SMILES string of the molecule is CC(C)(C)OCCO[C@H]1C[C@@H](NCc2ccccc2)[C@@H]2OC(C)(C)O[C@@H]21.CC1(C)O[C@@H]2[C@H](O1)[C@@H](O)C[C@H]2NCC1=CC=[C+]C=C1.Cc1ccc(S(=O)(=O)OCCOC(C)(C)C)cc1.[2H]CF.[H-].[Na+]. The Morgan fingerprint density at radius 2 is 1.33 bits per heavy atom. The molecule has 0 aromatic heterocycles. The molecule has 2 heterocycles. The maximum absolute atomic E-state index is 11.8. The predicted molar refractivity (Wildman–Crippen MR) is 250 cm³/mol. The number of hydrogen-bond acceptors (Lipinski definition) is 13. The van der Waals surface area contributed by atoms with Crippen molar-refractivity contribution < 1.29 is 87.6 Å². The van der Waals surface area contributed by atoms with Gasteiger partial charge in [-0.15, -0.1) is 0 Å². The Bertz CT molecular complexity index is 1970. The molecule has 2 saturated heterocycles. The van der Waals surface area contributed by atoms with Crippen molar-refractivity contribution in [2.45, 2.75) is 172 Å². The van der Waals surface area contributed by atoms with Gasteiger partial charge in [-0.05, 0) is 107 Å². The van der Waals surface area contributed by atoms with E-state index >= 15 is 0 Å². The molecule has 0 spiro atoms. The van der Waals surface area contributed by atoms with Crippen LogP contribution in [-0.2, 0) is 54.0 Å². The van der Waals surface area contributed by atoms with Crippen molar-refractivity contribution >= 4 is 10.1 Å². The number of rotatable bonds is 15. The fraction of sp³-hybridized carbons (Fsp3) is 0.640. The number of benzene rings is 2. The van der Waals surface area contributed by atoms with E-state index in [0.717, 1.165) is 25.1 Å². The van der Waals surface area contributed by atoms with Crippen LogP contribution >= 0.6 is 0 Å². The third kappa shape index (κ3) is 19.4. The Morgan fingerprint density at radius 3 is 1.91 bits per heavy atom.